The van der Waals surface area contributed by atoms with E-state index in [4.69, 9.17) is 4.42 Å². The highest BCUT2D eigenvalue weighted by Gasteiger charge is 2.19. The molecule has 2 nitrogen and oxygen atoms in total. The first kappa shape index (κ1) is 12.0. The van der Waals surface area contributed by atoms with Crippen LogP contribution in [0.1, 0.15) is 25.6 Å². The predicted octanol–water partition coefficient (Wildman–Crippen LogP) is 3.74. The Balaban J connectivity index is 2.16. The van der Waals surface area contributed by atoms with Crippen molar-refractivity contribution >= 4 is 11.0 Å². The summed E-state index contributed by atoms with van der Waals surface area (Å²) in [6.07, 6.45) is -2.37. The van der Waals surface area contributed by atoms with Crippen LogP contribution in [0.2, 0.25) is 0 Å². The number of benzene rings is 1. The van der Waals surface area contributed by atoms with Gasteiger partial charge in [-0.1, -0.05) is 18.2 Å². The topological polar surface area (TPSA) is 25.2 Å². The highest BCUT2D eigenvalue weighted by atomic mass is 19.3. The normalized spacial score (nSPS) is 15.4. The molecule has 4 heteroatoms. The molecule has 0 radical (unpaired) electrons. The molecule has 1 aromatic carbocycles. The highest BCUT2D eigenvalue weighted by molar-refractivity contribution is 5.77. The summed E-state index contributed by atoms with van der Waals surface area (Å²) in [7, 11) is 0. The molecule has 0 aliphatic carbocycles. The molecule has 17 heavy (non-hydrogen) atoms. The van der Waals surface area contributed by atoms with Crippen molar-refractivity contribution in [1.29, 1.82) is 0 Å². The zero-order valence-corrected chi connectivity index (χ0v) is 9.78. The van der Waals surface area contributed by atoms with Crippen LogP contribution in [0.25, 0.3) is 11.0 Å². The molecule has 2 unspecified atom stereocenters. The van der Waals surface area contributed by atoms with Gasteiger partial charge in [0.1, 0.15) is 11.3 Å². The fraction of sp³-hybridized carbons (Fsp3) is 0.385. The Morgan fingerprint density at radius 3 is 2.53 bits per heavy atom. The van der Waals surface area contributed by atoms with Gasteiger partial charge in [0.15, 0.2) is 0 Å². The van der Waals surface area contributed by atoms with Gasteiger partial charge in [-0.25, -0.2) is 8.78 Å². The lowest BCUT2D eigenvalue weighted by molar-refractivity contribution is 0.0996. The molecule has 0 bridgehead atoms. The molecule has 0 aliphatic rings. The van der Waals surface area contributed by atoms with Gasteiger partial charge in [-0.3, -0.25) is 5.32 Å². The van der Waals surface area contributed by atoms with Crippen LogP contribution in [-0.2, 0) is 0 Å². The number of furan rings is 1. The van der Waals surface area contributed by atoms with E-state index in [-0.39, 0.29) is 6.04 Å². The summed E-state index contributed by atoms with van der Waals surface area (Å²) in [4.78, 5) is 0. The molecule has 2 atom stereocenters. The van der Waals surface area contributed by atoms with Crippen LogP contribution in [0, 0.1) is 0 Å². The molecule has 2 aromatic rings. The van der Waals surface area contributed by atoms with Gasteiger partial charge in [0.05, 0.1) is 12.1 Å². The van der Waals surface area contributed by atoms with E-state index in [0.717, 1.165) is 11.0 Å². The van der Waals surface area contributed by atoms with Crippen molar-refractivity contribution in [2.45, 2.75) is 32.4 Å². The number of para-hydroxylation sites is 1. The first-order chi connectivity index (χ1) is 8.08. The molecule has 1 N–H and O–H groups in total. The van der Waals surface area contributed by atoms with Crippen molar-refractivity contribution in [3.8, 4) is 0 Å². The third-order valence-corrected chi connectivity index (χ3v) is 2.76. The summed E-state index contributed by atoms with van der Waals surface area (Å²) in [5.74, 6) is 0.679. The number of hydrogen-bond donors (Lipinski definition) is 1. The van der Waals surface area contributed by atoms with E-state index in [9.17, 15) is 8.78 Å². The lowest BCUT2D eigenvalue weighted by Crippen LogP contribution is -2.34. The number of hydrogen-bond acceptors (Lipinski definition) is 2. The van der Waals surface area contributed by atoms with E-state index in [1.807, 2.05) is 37.3 Å². The average molecular weight is 239 g/mol. The van der Waals surface area contributed by atoms with Gasteiger partial charge in [-0.05, 0) is 26.0 Å². The monoisotopic (exact) mass is 239 g/mol. The molecule has 0 fully saturated rings. The molecular formula is C13H15F2NO. The molecule has 0 saturated carbocycles. The molecule has 1 heterocycles. The van der Waals surface area contributed by atoms with Gasteiger partial charge < -0.3 is 4.42 Å². The van der Waals surface area contributed by atoms with E-state index in [2.05, 4.69) is 5.32 Å². The zero-order valence-electron chi connectivity index (χ0n) is 9.78. The average Bonchev–Trinajstić information content (AvgIpc) is 2.72. The zero-order chi connectivity index (χ0) is 12.4. The Morgan fingerprint density at radius 2 is 1.88 bits per heavy atom. The molecule has 1 aromatic heterocycles. The summed E-state index contributed by atoms with van der Waals surface area (Å²) in [6.45, 7) is 3.28. The summed E-state index contributed by atoms with van der Waals surface area (Å²) in [6, 6.07) is 8.40. The summed E-state index contributed by atoms with van der Waals surface area (Å²) in [5, 5.41) is 3.80. The maximum absolute atomic E-state index is 12.4. The highest BCUT2D eigenvalue weighted by Crippen LogP contribution is 2.24. The van der Waals surface area contributed by atoms with Crippen LogP contribution in [0.5, 0.6) is 0 Å². The molecule has 0 spiro atoms. The summed E-state index contributed by atoms with van der Waals surface area (Å²) < 4.78 is 30.4. The third-order valence-electron chi connectivity index (χ3n) is 2.76. The molecule has 0 saturated heterocycles. The Hall–Kier alpha value is -1.42. The number of nitrogens with one attached hydrogen (secondary N) is 1. The Labute approximate surface area is 98.6 Å². The second kappa shape index (κ2) is 4.84. The van der Waals surface area contributed by atoms with Crippen LogP contribution < -0.4 is 5.32 Å². The number of fused-ring (bicyclic) bond motifs is 1. The van der Waals surface area contributed by atoms with Gasteiger partial charge >= 0.3 is 0 Å². The van der Waals surface area contributed by atoms with Crippen LogP contribution in [0.3, 0.4) is 0 Å². The van der Waals surface area contributed by atoms with Crippen molar-refractivity contribution < 1.29 is 13.2 Å². The fourth-order valence-electron chi connectivity index (χ4n) is 1.77. The van der Waals surface area contributed by atoms with Crippen LogP contribution in [-0.4, -0.2) is 12.5 Å². The quantitative estimate of drug-likeness (QED) is 0.879. The maximum atomic E-state index is 12.4. The second-order valence-corrected chi connectivity index (χ2v) is 4.20. The van der Waals surface area contributed by atoms with Crippen LogP contribution in [0.4, 0.5) is 8.78 Å². The first-order valence-corrected chi connectivity index (χ1v) is 5.60. The van der Waals surface area contributed by atoms with E-state index < -0.39 is 12.5 Å². The van der Waals surface area contributed by atoms with Crippen molar-refractivity contribution in [2.75, 3.05) is 0 Å². The SMILES string of the molecule is CC(NC(C)C(F)F)c1cc2ccccc2o1. The molecule has 0 amide bonds. The Kier molecular flexibility index (Phi) is 3.43. The minimum absolute atomic E-state index is 0.230. The third kappa shape index (κ3) is 2.64. The minimum Gasteiger partial charge on any atom is -0.459 e. The van der Waals surface area contributed by atoms with Crippen LogP contribution in [0.15, 0.2) is 34.7 Å². The van der Waals surface area contributed by atoms with Crippen LogP contribution >= 0.6 is 0 Å². The smallest absolute Gasteiger partial charge is 0.253 e. The molecule has 2 rings (SSSR count). The van der Waals surface area contributed by atoms with Gasteiger partial charge in [0.2, 0.25) is 0 Å². The number of alkyl halides is 2. The lowest BCUT2D eigenvalue weighted by Gasteiger charge is -2.17. The summed E-state index contributed by atoms with van der Waals surface area (Å²) in [5.41, 5.74) is 0.779. The second-order valence-electron chi connectivity index (χ2n) is 4.20. The van der Waals surface area contributed by atoms with Crippen molar-refractivity contribution in [1.82, 2.24) is 5.32 Å². The van der Waals surface area contributed by atoms with E-state index in [1.165, 1.54) is 6.92 Å². The van der Waals surface area contributed by atoms with E-state index in [1.54, 1.807) is 0 Å². The molecule has 0 aliphatic heterocycles. The molecule has 92 valence electrons. The van der Waals surface area contributed by atoms with Gasteiger partial charge in [-0.2, -0.15) is 0 Å². The first-order valence-electron chi connectivity index (χ1n) is 5.60. The fourth-order valence-corrected chi connectivity index (χ4v) is 1.77. The van der Waals surface area contributed by atoms with E-state index >= 15 is 0 Å². The number of halogens is 2. The minimum atomic E-state index is -2.37. The standard InChI is InChI=1S/C13H15F2NO/c1-8(16-9(2)13(14)15)12-7-10-5-3-4-6-11(10)17-12/h3-9,13,16H,1-2H3. The molecular weight excluding hydrogens is 224 g/mol. The van der Waals surface area contributed by atoms with Gasteiger partial charge in [0, 0.05) is 5.39 Å². The van der Waals surface area contributed by atoms with Crippen molar-refractivity contribution in [3.63, 3.8) is 0 Å². The van der Waals surface area contributed by atoms with Gasteiger partial charge in [-0.15, -0.1) is 0 Å². The van der Waals surface area contributed by atoms with E-state index in [0.29, 0.717) is 5.76 Å². The Morgan fingerprint density at radius 1 is 1.18 bits per heavy atom. The Bertz CT molecular complexity index is 462. The largest absolute Gasteiger partial charge is 0.459 e. The maximum Gasteiger partial charge on any atom is 0.253 e. The van der Waals surface area contributed by atoms with Gasteiger partial charge in [0.25, 0.3) is 6.43 Å². The van der Waals surface area contributed by atoms with Crippen molar-refractivity contribution in [3.05, 3.63) is 36.1 Å². The summed E-state index contributed by atoms with van der Waals surface area (Å²) >= 11 is 0. The number of rotatable bonds is 4. The lowest BCUT2D eigenvalue weighted by atomic mass is 10.2. The predicted molar refractivity (Wildman–Crippen MR) is 63.2 cm³/mol. The van der Waals surface area contributed by atoms with Crippen molar-refractivity contribution in [2.24, 2.45) is 0 Å².